The minimum absolute atomic E-state index is 0.00987. The number of hydrogen-bond acceptors (Lipinski definition) is 3. The summed E-state index contributed by atoms with van der Waals surface area (Å²) in [6, 6.07) is 6.96. The van der Waals surface area contributed by atoms with Crippen molar-refractivity contribution in [1.82, 2.24) is 9.80 Å². The third-order valence-electron chi connectivity index (χ3n) is 4.88. The van der Waals surface area contributed by atoms with Gasteiger partial charge in [0.15, 0.2) is 0 Å². The molecule has 2 saturated heterocycles. The van der Waals surface area contributed by atoms with Gasteiger partial charge in [0.25, 0.3) is 0 Å². The highest BCUT2D eigenvalue weighted by atomic mass is 16.4. The van der Waals surface area contributed by atoms with Crippen LogP contribution in [0.1, 0.15) is 47.5 Å². The molecule has 0 aliphatic carbocycles. The normalized spacial score (nSPS) is 21.2. The van der Waals surface area contributed by atoms with E-state index in [4.69, 9.17) is 5.11 Å². The molecule has 1 atom stereocenters. The zero-order chi connectivity index (χ0) is 17.1. The Morgan fingerprint density at radius 1 is 1.21 bits per heavy atom. The number of hydrogen-bond donors (Lipinski definition) is 1. The second kappa shape index (κ2) is 7.03. The molecule has 0 spiro atoms. The van der Waals surface area contributed by atoms with Crippen molar-refractivity contribution in [1.29, 1.82) is 0 Å². The Labute approximate surface area is 141 Å². The van der Waals surface area contributed by atoms with Gasteiger partial charge in [0.2, 0.25) is 11.8 Å². The van der Waals surface area contributed by atoms with Crippen LogP contribution in [-0.4, -0.2) is 58.9 Å². The first-order chi connectivity index (χ1) is 11.5. The molecule has 2 amide bonds. The average Bonchev–Trinajstić information content (AvgIpc) is 3.00. The molecule has 1 aromatic carbocycles. The van der Waals surface area contributed by atoms with Gasteiger partial charge in [-0.15, -0.1) is 0 Å². The number of benzene rings is 1. The number of likely N-dealkylation sites (tertiary alicyclic amines) is 2. The van der Waals surface area contributed by atoms with E-state index in [1.165, 1.54) is 0 Å². The largest absolute Gasteiger partial charge is 0.478 e. The highest BCUT2D eigenvalue weighted by Gasteiger charge is 2.28. The summed E-state index contributed by atoms with van der Waals surface area (Å²) < 4.78 is 0. The molecule has 0 bridgehead atoms. The lowest BCUT2D eigenvalue weighted by molar-refractivity contribution is -0.139. The minimum Gasteiger partial charge on any atom is -0.478 e. The average molecular weight is 330 g/mol. The first-order valence-electron chi connectivity index (χ1n) is 8.43. The van der Waals surface area contributed by atoms with Crippen molar-refractivity contribution < 1.29 is 19.5 Å². The monoisotopic (exact) mass is 330 g/mol. The quantitative estimate of drug-likeness (QED) is 0.912. The highest BCUT2D eigenvalue weighted by Crippen LogP contribution is 2.27. The molecule has 2 aliphatic rings. The van der Waals surface area contributed by atoms with Gasteiger partial charge in [0, 0.05) is 32.0 Å². The summed E-state index contributed by atoms with van der Waals surface area (Å²) >= 11 is 0. The number of nitrogens with zero attached hydrogens (tertiary/aromatic N) is 2. The molecular formula is C18H22N2O4. The van der Waals surface area contributed by atoms with Crippen LogP contribution < -0.4 is 0 Å². The predicted octanol–water partition coefficient (Wildman–Crippen LogP) is 1.71. The summed E-state index contributed by atoms with van der Waals surface area (Å²) in [6.07, 6.45) is 3.20. The zero-order valence-corrected chi connectivity index (χ0v) is 13.6. The maximum atomic E-state index is 12.5. The number of amides is 2. The van der Waals surface area contributed by atoms with Gasteiger partial charge in [-0.2, -0.15) is 0 Å². The number of carbonyl (C=O) groups is 3. The van der Waals surface area contributed by atoms with E-state index in [9.17, 15) is 14.4 Å². The van der Waals surface area contributed by atoms with Crippen LogP contribution in [0.25, 0.3) is 0 Å². The molecule has 6 heteroatoms. The van der Waals surface area contributed by atoms with Gasteiger partial charge in [-0.05, 0) is 37.0 Å². The number of rotatable bonds is 4. The van der Waals surface area contributed by atoms with Gasteiger partial charge in [-0.25, -0.2) is 4.79 Å². The van der Waals surface area contributed by atoms with Crippen LogP contribution in [0.15, 0.2) is 24.3 Å². The zero-order valence-electron chi connectivity index (χ0n) is 13.6. The van der Waals surface area contributed by atoms with Gasteiger partial charge in [0.05, 0.1) is 12.1 Å². The molecule has 24 heavy (non-hydrogen) atoms. The topological polar surface area (TPSA) is 77.9 Å². The summed E-state index contributed by atoms with van der Waals surface area (Å²) in [5, 5.41) is 9.13. The van der Waals surface area contributed by atoms with Crippen molar-refractivity contribution >= 4 is 17.8 Å². The minimum atomic E-state index is -0.937. The Morgan fingerprint density at radius 3 is 2.75 bits per heavy atom. The fourth-order valence-corrected chi connectivity index (χ4v) is 3.54. The maximum absolute atomic E-state index is 12.5. The van der Waals surface area contributed by atoms with E-state index in [1.807, 2.05) is 11.0 Å². The van der Waals surface area contributed by atoms with Gasteiger partial charge in [-0.3, -0.25) is 9.59 Å². The Balaban J connectivity index is 1.65. The molecule has 2 heterocycles. The predicted molar refractivity (Wildman–Crippen MR) is 87.8 cm³/mol. The molecule has 0 saturated carbocycles. The lowest BCUT2D eigenvalue weighted by Gasteiger charge is -2.34. The molecule has 3 rings (SSSR count). The summed E-state index contributed by atoms with van der Waals surface area (Å²) in [6.45, 7) is 2.13. The van der Waals surface area contributed by atoms with Crippen molar-refractivity contribution in [2.75, 3.05) is 26.2 Å². The molecule has 0 radical (unpaired) electrons. The molecule has 1 aromatic rings. The van der Waals surface area contributed by atoms with Crippen LogP contribution >= 0.6 is 0 Å². The Kier molecular flexibility index (Phi) is 4.83. The van der Waals surface area contributed by atoms with Gasteiger partial charge in [-0.1, -0.05) is 12.1 Å². The molecule has 0 aromatic heterocycles. The Morgan fingerprint density at radius 2 is 2.04 bits per heavy atom. The van der Waals surface area contributed by atoms with E-state index in [1.54, 1.807) is 23.1 Å². The van der Waals surface area contributed by atoms with Crippen molar-refractivity contribution in [3.63, 3.8) is 0 Å². The van der Waals surface area contributed by atoms with Crippen molar-refractivity contribution in [2.24, 2.45) is 0 Å². The summed E-state index contributed by atoms with van der Waals surface area (Å²) in [4.78, 5) is 38.7. The van der Waals surface area contributed by atoms with E-state index in [-0.39, 0.29) is 29.8 Å². The third kappa shape index (κ3) is 3.58. The number of aromatic carboxylic acids is 1. The number of piperidine rings is 1. The molecular weight excluding hydrogens is 308 g/mol. The van der Waals surface area contributed by atoms with E-state index in [0.717, 1.165) is 24.8 Å². The summed E-state index contributed by atoms with van der Waals surface area (Å²) in [5.74, 6) is -0.736. The molecule has 0 unspecified atom stereocenters. The molecule has 2 aliphatic heterocycles. The SMILES string of the molecule is O=C(O)c1cccc([C@@H]2CCCN(C(=O)CN3CCCC3=O)C2)c1. The van der Waals surface area contributed by atoms with E-state index in [0.29, 0.717) is 26.1 Å². The summed E-state index contributed by atoms with van der Waals surface area (Å²) in [7, 11) is 0. The summed E-state index contributed by atoms with van der Waals surface area (Å²) in [5.41, 5.74) is 1.24. The third-order valence-corrected chi connectivity index (χ3v) is 4.88. The second-order valence-electron chi connectivity index (χ2n) is 6.53. The van der Waals surface area contributed by atoms with Crippen molar-refractivity contribution in [3.05, 3.63) is 35.4 Å². The van der Waals surface area contributed by atoms with E-state index in [2.05, 4.69) is 0 Å². The number of carboxylic acids is 1. The fraction of sp³-hybridized carbons (Fsp3) is 0.500. The van der Waals surface area contributed by atoms with Crippen molar-refractivity contribution in [3.8, 4) is 0 Å². The lowest BCUT2D eigenvalue weighted by atomic mass is 9.89. The van der Waals surface area contributed by atoms with Crippen LogP contribution in [-0.2, 0) is 9.59 Å². The number of carboxylic acid groups (broad SMARTS) is 1. The van der Waals surface area contributed by atoms with Crippen LogP contribution in [0.2, 0.25) is 0 Å². The van der Waals surface area contributed by atoms with E-state index >= 15 is 0 Å². The van der Waals surface area contributed by atoms with E-state index < -0.39 is 5.97 Å². The van der Waals surface area contributed by atoms with Crippen LogP contribution in [0, 0.1) is 0 Å². The first kappa shape index (κ1) is 16.5. The second-order valence-corrected chi connectivity index (χ2v) is 6.53. The lowest BCUT2D eigenvalue weighted by Crippen LogP contribution is -2.45. The first-order valence-corrected chi connectivity index (χ1v) is 8.43. The molecule has 128 valence electrons. The standard InChI is InChI=1S/C18H22N2O4/c21-16-7-3-9-20(16)12-17(22)19-8-2-6-15(11-19)13-4-1-5-14(10-13)18(23)24/h1,4-5,10,15H,2-3,6-9,11-12H2,(H,23,24)/t15-/m1/s1. The van der Waals surface area contributed by atoms with Gasteiger partial charge in [0.1, 0.15) is 0 Å². The van der Waals surface area contributed by atoms with Crippen LogP contribution in [0.4, 0.5) is 0 Å². The molecule has 1 N–H and O–H groups in total. The van der Waals surface area contributed by atoms with Gasteiger partial charge < -0.3 is 14.9 Å². The highest BCUT2D eigenvalue weighted by molar-refractivity contribution is 5.88. The number of carbonyl (C=O) groups excluding carboxylic acids is 2. The molecule has 2 fully saturated rings. The van der Waals surface area contributed by atoms with Gasteiger partial charge >= 0.3 is 5.97 Å². The Hall–Kier alpha value is -2.37. The van der Waals surface area contributed by atoms with Crippen LogP contribution in [0.5, 0.6) is 0 Å². The van der Waals surface area contributed by atoms with Crippen molar-refractivity contribution in [2.45, 2.75) is 31.6 Å². The fourth-order valence-electron chi connectivity index (χ4n) is 3.54. The molecule has 6 nitrogen and oxygen atoms in total. The Bertz CT molecular complexity index is 658. The smallest absolute Gasteiger partial charge is 0.335 e. The van der Waals surface area contributed by atoms with Crippen LogP contribution in [0.3, 0.4) is 0 Å². The maximum Gasteiger partial charge on any atom is 0.335 e.